The molecule has 2 aromatic rings. The Morgan fingerprint density at radius 1 is 1.11 bits per heavy atom. The van der Waals surface area contributed by atoms with Gasteiger partial charge < -0.3 is 24.6 Å². The second-order valence-corrected chi connectivity index (χ2v) is 19.9. The van der Waals surface area contributed by atoms with Crippen molar-refractivity contribution < 1.29 is 24.1 Å². The SMILES string of the molecule is CN[C@@](C)(CO[C@H]1[C@H](n2ncnc2-c2cccnc2)C[C@@]23COC[C@]1(C)[C@@H]2CC[C@H]1C3=CC[C@]2(C)[C@H](OC(=O)O)[C@@](C)([C@H](C)C(C)C)CC[C@]12C)C(C)C. The lowest BCUT2D eigenvalue weighted by molar-refractivity contribution is -0.256. The lowest BCUT2D eigenvalue weighted by Gasteiger charge is -2.71. The summed E-state index contributed by atoms with van der Waals surface area (Å²) in [4.78, 5) is 21.8. The summed E-state index contributed by atoms with van der Waals surface area (Å²) in [6, 6.07) is 3.92. The molecule has 298 valence electrons. The van der Waals surface area contributed by atoms with E-state index in [4.69, 9.17) is 24.3 Å². The van der Waals surface area contributed by atoms with Gasteiger partial charge >= 0.3 is 6.16 Å². The zero-order valence-corrected chi connectivity index (χ0v) is 34.8. The molecular weight excluding hydrogens is 679 g/mol. The molecule has 2 N–H and O–H groups in total. The first-order valence-electron chi connectivity index (χ1n) is 20.7. The van der Waals surface area contributed by atoms with Crippen LogP contribution in [0, 0.1) is 56.7 Å². The summed E-state index contributed by atoms with van der Waals surface area (Å²) in [6.45, 7) is 25.0. The van der Waals surface area contributed by atoms with E-state index in [1.54, 1.807) is 12.5 Å². The van der Waals surface area contributed by atoms with Gasteiger partial charge in [0.2, 0.25) is 0 Å². The highest BCUT2D eigenvalue weighted by Crippen LogP contribution is 2.74. The molecule has 3 heterocycles. The van der Waals surface area contributed by atoms with E-state index in [9.17, 15) is 9.90 Å². The third-order valence-electron chi connectivity index (χ3n) is 17.2. The number of fused-ring (bicyclic) bond motifs is 3. The molecule has 1 saturated heterocycles. The van der Waals surface area contributed by atoms with Gasteiger partial charge in [-0.25, -0.2) is 14.5 Å². The summed E-state index contributed by atoms with van der Waals surface area (Å²) in [5, 5.41) is 18.8. The van der Waals surface area contributed by atoms with E-state index in [1.807, 2.05) is 19.3 Å². The standard InChI is InChI=1S/C44H67N5O5/c1-27(2)29(5)39(6)18-19-41(8)31-14-15-34-40(7)23-52-25-44(34,32(31)16-17-42(41,9)37(39)54-38(50)51)21-33(35(40)53-24-43(10,45-11)28(3)4)49-36(47-26-48-49)30-13-12-20-46-22-30/h12-13,16,20,22,26-29,31,33-35,37,45H,14-15,17-19,21,23-25H2,1-11H3,(H,50,51)/t29-,31+,33-,34+,35+,37-,39-,40-,41-,42-,43+,44+/m1/s1. The topological polar surface area (TPSA) is 121 Å². The van der Waals surface area contributed by atoms with Crippen LogP contribution in [0.4, 0.5) is 4.79 Å². The summed E-state index contributed by atoms with van der Waals surface area (Å²) < 4.78 is 22.4. The van der Waals surface area contributed by atoms with E-state index in [0.717, 1.165) is 49.9 Å². The highest BCUT2D eigenvalue weighted by atomic mass is 16.7. The predicted molar refractivity (Wildman–Crippen MR) is 210 cm³/mol. The maximum atomic E-state index is 12.5. The van der Waals surface area contributed by atoms with E-state index >= 15 is 0 Å². The van der Waals surface area contributed by atoms with Crippen molar-refractivity contribution >= 4 is 6.16 Å². The van der Waals surface area contributed by atoms with Crippen LogP contribution in [0.3, 0.4) is 0 Å². The molecule has 0 spiro atoms. The van der Waals surface area contributed by atoms with Gasteiger partial charge in [0.05, 0.1) is 32.0 Å². The van der Waals surface area contributed by atoms with Crippen molar-refractivity contribution in [3.8, 4) is 11.4 Å². The number of nitrogens with one attached hydrogen (secondary N) is 1. The van der Waals surface area contributed by atoms with Crippen molar-refractivity contribution in [3.63, 3.8) is 0 Å². The van der Waals surface area contributed by atoms with Gasteiger partial charge in [-0.3, -0.25) is 4.98 Å². The Labute approximate surface area is 323 Å². The van der Waals surface area contributed by atoms with Crippen molar-refractivity contribution in [2.45, 2.75) is 132 Å². The summed E-state index contributed by atoms with van der Waals surface area (Å²) in [5.74, 6) is 2.55. The first-order chi connectivity index (χ1) is 25.4. The second kappa shape index (κ2) is 13.7. The van der Waals surface area contributed by atoms with Crippen LogP contribution in [0.25, 0.3) is 11.4 Å². The Kier molecular flexibility index (Phi) is 9.99. The Balaban J connectivity index is 1.35. The number of hydrogen-bond donors (Lipinski definition) is 2. The van der Waals surface area contributed by atoms with Crippen LogP contribution < -0.4 is 5.32 Å². The monoisotopic (exact) mass is 746 g/mol. The molecule has 0 amide bonds. The fourth-order valence-electron chi connectivity index (χ4n) is 12.8. The highest BCUT2D eigenvalue weighted by molar-refractivity contribution is 5.57. The average molecular weight is 746 g/mol. The average Bonchev–Trinajstić information content (AvgIpc) is 3.63. The van der Waals surface area contributed by atoms with Gasteiger partial charge in [-0.1, -0.05) is 74.0 Å². The Hall–Kier alpha value is -2.82. The van der Waals surface area contributed by atoms with Crippen molar-refractivity contribution in [1.29, 1.82) is 0 Å². The first-order valence-corrected chi connectivity index (χ1v) is 20.7. The molecule has 1 aliphatic heterocycles. The van der Waals surface area contributed by atoms with Gasteiger partial charge in [0.25, 0.3) is 0 Å². The predicted octanol–water partition coefficient (Wildman–Crippen LogP) is 8.85. The minimum atomic E-state index is -1.16. The molecule has 4 fully saturated rings. The highest BCUT2D eigenvalue weighted by Gasteiger charge is 2.72. The van der Waals surface area contributed by atoms with E-state index in [0.29, 0.717) is 43.5 Å². The number of allylic oxidation sites excluding steroid dienone is 1. The first kappa shape index (κ1) is 39.4. The normalized spacial score (nSPS) is 40.5. The number of hydrogen-bond acceptors (Lipinski definition) is 8. The largest absolute Gasteiger partial charge is 0.506 e. The number of rotatable bonds is 10. The Morgan fingerprint density at radius 3 is 2.52 bits per heavy atom. The summed E-state index contributed by atoms with van der Waals surface area (Å²) in [5.41, 5.74) is 0.979. The van der Waals surface area contributed by atoms with Crippen LogP contribution in [-0.2, 0) is 14.2 Å². The molecule has 10 heteroatoms. The molecule has 0 unspecified atom stereocenters. The van der Waals surface area contributed by atoms with Gasteiger partial charge in [0.1, 0.15) is 12.4 Å². The molecule has 10 nitrogen and oxygen atoms in total. The Morgan fingerprint density at radius 2 is 1.87 bits per heavy atom. The van der Waals surface area contributed by atoms with Gasteiger partial charge in [-0.05, 0) is 99.6 Å². The van der Waals surface area contributed by atoms with Gasteiger partial charge in [0, 0.05) is 45.2 Å². The number of carbonyl (C=O) groups is 1. The second-order valence-electron chi connectivity index (χ2n) is 19.9. The maximum Gasteiger partial charge on any atom is 0.506 e. The zero-order chi connectivity index (χ0) is 39.1. The van der Waals surface area contributed by atoms with Gasteiger partial charge in [0.15, 0.2) is 5.82 Å². The number of nitrogens with zero attached hydrogens (tertiary/aromatic N) is 4. The Bertz CT molecular complexity index is 1730. The minimum Gasteiger partial charge on any atom is -0.450 e. The van der Waals surface area contributed by atoms with Crippen molar-refractivity contribution in [2.24, 2.45) is 56.7 Å². The number of carboxylic acid groups (broad SMARTS) is 1. The number of likely N-dealkylation sites (N-methyl/N-ethyl adjacent to an activating group) is 1. The summed E-state index contributed by atoms with van der Waals surface area (Å²) >= 11 is 0. The van der Waals surface area contributed by atoms with Crippen LogP contribution in [0.15, 0.2) is 42.5 Å². The van der Waals surface area contributed by atoms with E-state index < -0.39 is 12.3 Å². The molecule has 2 bridgehead atoms. The lowest BCUT2D eigenvalue weighted by atomic mass is 9.35. The third kappa shape index (κ3) is 5.65. The molecule has 4 aliphatic carbocycles. The van der Waals surface area contributed by atoms with Crippen LogP contribution in [0.1, 0.15) is 114 Å². The van der Waals surface area contributed by atoms with E-state index in [2.05, 4.69) is 96.4 Å². The minimum absolute atomic E-state index is 0.0912. The summed E-state index contributed by atoms with van der Waals surface area (Å²) in [7, 11) is 2.03. The van der Waals surface area contributed by atoms with Crippen LogP contribution >= 0.6 is 0 Å². The van der Waals surface area contributed by atoms with Crippen LogP contribution in [0.2, 0.25) is 0 Å². The van der Waals surface area contributed by atoms with Crippen molar-refractivity contribution in [1.82, 2.24) is 25.1 Å². The van der Waals surface area contributed by atoms with Crippen LogP contribution in [-0.4, -0.2) is 75.6 Å². The number of aromatic nitrogens is 4. The number of ether oxygens (including phenoxy) is 3. The molecule has 5 aliphatic rings. The third-order valence-corrected chi connectivity index (χ3v) is 17.2. The van der Waals surface area contributed by atoms with Crippen molar-refractivity contribution in [2.75, 3.05) is 26.9 Å². The number of pyridine rings is 1. The molecule has 7 rings (SSSR count). The molecule has 0 radical (unpaired) electrons. The molecule has 2 aromatic heterocycles. The van der Waals surface area contributed by atoms with Gasteiger partial charge in [-0.2, -0.15) is 5.10 Å². The van der Waals surface area contributed by atoms with E-state index in [-0.39, 0.29) is 50.7 Å². The van der Waals surface area contributed by atoms with Crippen LogP contribution in [0.5, 0.6) is 0 Å². The molecule has 0 aromatic carbocycles. The fraction of sp³-hybridized carbons (Fsp3) is 0.773. The molecule has 12 atom stereocenters. The summed E-state index contributed by atoms with van der Waals surface area (Å²) in [6.07, 6.45) is 11.9. The van der Waals surface area contributed by atoms with Crippen molar-refractivity contribution in [3.05, 3.63) is 42.5 Å². The maximum absolute atomic E-state index is 12.5. The molecule has 3 saturated carbocycles. The fourth-order valence-corrected chi connectivity index (χ4v) is 12.8. The van der Waals surface area contributed by atoms with E-state index in [1.165, 1.54) is 5.57 Å². The van der Waals surface area contributed by atoms with Gasteiger partial charge in [-0.15, -0.1) is 0 Å². The smallest absolute Gasteiger partial charge is 0.450 e. The quantitative estimate of drug-likeness (QED) is 0.182. The zero-order valence-electron chi connectivity index (χ0n) is 34.8. The molecular formula is C44H67N5O5. The molecule has 54 heavy (non-hydrogen) atoms. The lowest BCUT2D eigenvalue weighted by Crippen LogP contribution is -2.70.